The highest BCUT2D eigenvalue weighted by atomic mass is 19.1. The van der Waals surface area contributed by atoms with Crippen LogP contribution in [0.1, 0.15) is 16.7 Å². The Balaban J connectivity index is 1.09. The lowest BCUT2D eigenvalue weighted by molar-refractivity contribution is 0.0688. The maximum Gasteiger partial charge on any atom is 0.322 e. The van der Waals surface area contributed by atoms with Gasteiger partial charge in [0, 0.05) is 24.5 Å². The number of nitrogens with zero attached hydrogens (tertiary/aromatic N) is 3. The number of rotatable bonds is 6. The lowest BCUT2D eigenvalue weighted by atomic mass is 10.1. The molecule has 5 rings (SSSR count). The second-order valence-corrected chi connectivity index (χ2v) is 7.49. The quantitative estimate of drug-likeness (QED) is 0.591. The van der Waals surface area contributed by atoms with E-state index in [4.69, 9.17) is 10.00 Å². The highest BCUT2D eigenvalue weighted by Gasteiger charge is 2.42. The highest BCUT2D eigenvalue weighted by molar-refractivity contribution is 5.92. The molecule has 2 aromatic carbocycles. The molecule has 1 saturated heterocycles. The topological polar surface area (TPSA) is 68.4 Å². The van der Waals surface area contributed by atoms with Crippen LogP contribution in [0.2, 0.25) is 0 Å². The number of anilines is 1. The van der Waals surface area contributed by atoms with Crippen molar-refractivity contribution < 1.29 is 13.9 Å². The van der Waals surface area contributed by atoms with E-state index in [0.717, 1.165) is 16.7 Å². The summed E-state index contributed by atoms with van der Waals surface area (Å²) in [5.74, 6) is -0.309. The van der Waals surface area contributed by atoms with E-state index >= 15 is 0 Å². The molecular formula is C23H19FN4O2. The monoisotopic (exact) mass is 402 g/mol. The van der Waals surface area contributed by atoms with Crippen molar-refractivity contribution in [1.29, 1.82) is 5.26 Å². The van der Waals surface area contributed by atoms with Crippen LogP contribution in [-0.4, -0.2) is 41.8 Å². The van der Waals surface area contributed by atoms with Gasteiger partial charge in [-0.05, 0) is 59.2 Å². The standard InChI is InChI=1S/C23H19FN4O2/c24-19-5-6-20-18(9-19)13-27(23(29)26-20)7-8-30-14-28-21-10-17(11-22(21)28)16-3-1-15(12-25)2-4-16/h1-6,9-11,21H,7-8,13-14H2,(H,26,29)/t21-,28?/m0/s1. The lowest BCUT2D eigenvalue weighted by Gasteiger charge is -2.29. The minimum Gasteiger partial charge on any atom is -0.359 e. The number of nitriles is 1. The largest absolute Gasteiger partial charge is 0.359 e. The van der Waals surface area contributed by atoms with Crippen molar-refractivity contribution in [2.24, 2.45) is 0 Å². The number of hydrogen-bond acceptors (Lipinski definition) is 4. The predicted octanol–water partition coefficient (Wildman–Crippen LogP) is 3.68. The summed E-state index contributed by atoms with van der Waals surface area (Å²) in [6, 6.07) is 14.1. The molecule has 2 aliphatic heterocycles. The summed E-state index contributed by atoms with van der Waals surface area (Å²) < 4.78 is 19.2. The fourth-order valence-electron chi connectivity index (χ4n) is 3.87. The Labute approximate surface area is 173 Å². The average Bonchev–Trinajstić information content (AvgIpc) is 3.20. The normalized spacial score (nSPS) is 18.8. The summed E-state index contributed by atoms with van der Waals surface area (Å²) in [5, 5.41) is 11.7. The van der Waals surface area contributed by atoms with Crippen LogP contribution in [-0.2, 0) is 11.3 Å². The van der Waals surface area contributed by atoms with Crippen LogP contribution in [0.3, 0.4) is 0 Å². The first-order chi connectivity index (χ1) is 14.6. The Bertz CT molecular complexity index is 1120. The van der Waals surface area contributed by atoms with Crippen molar-refractivity contribution in [3.05, 3.63) is 82.8 Å². The number of ether oxygens (including phenoxy) is 1. The average molecular weight is 402 g/mol. The van der Waals surface area contributed by atoms with Gasteiger partial charge in [0.1, 0.15) is 12.5 Å². The molecule has 7 heteroatoms. The molecule has 30 heavy (non-hydrogen) atoms. The molecule has 6 nitrogen and oxygen atoms in total. The summed E-state index contributed by atoms with van der Waals surface area (Å²) >= 11 is 0. The zero-order valence-corrected chi connectivity index (χ0v) is 16.1. The Morgan fingerprint density at radius 2 is 2.07 bits per heavy atom. The summed E-state index contributed by atoms with van der Waals surface area (Å²) in [7, 11) is 0. The number of urea groups is 1. The van der Waals surface area contributed by atoms with Gasteiger partial charge in [-0.15, -0.1) is 0 Å². The maximum atomic E-state index is 13.4. The van der Waals surface area contributed by atoms with Crippen molar-refractivity contribution >= 4 is 17.3 Å². The number of benzene rings is 2. The Kier molecular flexibility index (Phi) is 4.49. The SMILES string of the molecule is N#Cc1ccc(C2=C[C@H]3C(=C2)N3COCCN2Cc3cc(F)ccc3NC2=O)cc1. The molecule has 0 saturated carbocycles. The first-order valence-corrected chi connectivity index (χ1v) is 9.75. The molecule has 0 aromatic heterocycles. The number of carbonyl (C=O) groups is 1. The molecule has 1 fully saturated rings. The van der Waals surface area contributed by atoms with E-state index in [2.05, 4.69) is 28.4 Å². The van der Waals surface area contributed by atoms with Gasteiger partial charge in [-0.2, -0.15) is 5.26 Å². The number of nitrogens with one attached hydrogen (secondary N) is 1. The molecule has 150 valence electrons. The molecule has 2 amide bonds. The Morgan fingerprint density at radius 1 is 1.23 bits per heavy atom. The van der Waals surface area contributed by atoms with Gasteiger partial charge in [-0.3, -0.25) is 0 Å². The summed E-state index contributed by atoms with van der Waals surface area (Å²) in [4.78, 5) is 15.9. The predicted molar refractivity (Wildman–Crippen MR) is 109 cm³/mol. The van der Waals surface area contributed by atoms with Gasteiger partial charge in [0.2, 0.25) is 0 Å². The smallest absolute Gasteiger partial charge is 0.322 e. The molecule has 0 radical (unpaired) electrons. The first-order valence-electron chi connectivity index (χ1n) is 9.75. The van der Waals surface area contributed by atoms with Crippen molar-refractivity contribution in [2.75, 3.05) is 25.2 Å². The van der Waals surface area contributed by atoms with Crippen LogP contribution in [0.4, 0.5) is 14.9 Å². The van der Waals surface area contributed by atoms with Gasteiger partial charge in [0.15, 0.2) is 0 Å². The second kappa shape index (κ2) is 7.32. The molecule has 0 spiro atoms. The van der Waals surface area contributed by atoms with E-state index in [1.165, 1.54) is 17.8 Å². The Hall–Kier alpha value is -3.63. The van der Waals surface area contributed by atoms with Crippen LogP contribution in [0.25, 0.3) is 5.57 Å². The molecule has 1 atom stereocenters. The minimum atomic E-state index is -0.309. The number of carbonyl (C=O) groups excluding carboxylic acids is 1. The van der Waals surface area contributed by atoms with Gasteiger partial charge in [-0.25, -0.2) is 9.18 Å². The molecule has 3 aliphatic rings. The molecule has 1 N–H and O–H groups in total. The third-order valence-electron chi connectivity index (χ3n) is 5.58. The maximum absolute atomic E-state index is 13.4. The lowest BCUT2D eigenvalue weighted by Crippen LogP contribution is -2.40. The molecule has 0 unspecified atom stereocenters. The molecule has 2 heterocycles. The second-order valence-electron chi connectivity index (χ2n) is 7.49. The Morgan fingerprint density at radius 3 is 2.80 bits per heavy atom. The van der Waals surface area contributed by atoms with E-state index in [1.807, 2.05) is 24.3 Å². The molecule has 1 aliphatic carbocycles. The minimum absolute atomic E-state index is 0.195. The fraction of sp³-hybridized carbons (Fsp3) is 0.217. The van der Waals surface area contributed by atoms with E-state index in [0.29, 0.717) is 37.7 Å². The van der Waals surface area contributed by atoms with Gasteiger partial charge in [0.25, 0.3) is 0 Å². The summed E-state index contributed by atoms with van der Waals surface area (Å²) in [5.41, 5.74) is 5.55. The number of fused-ring (bicyclic) bond motifs is 2. The fourth-order valence-corrected chi connectivity index (χ4v) is 3.87. The van der Waals surface area contributed by atoms with Crippen LogP contribution in [0.5, 0.6) is 0 Å². The van der Waals surface area contributed by atoms with Crippen LogP contribution < -0.4 is 5.32 Å². The molecular weight excluding hydrogens is 383 g/mol. The summed E-state index contributed by atoms with van der Waals surface area (Å²) in [6.07, 6.45) is 4.32. The molecule has 2 aromatic rings. The van der Waals surface area contributed by atoms with Gasteiger partial charge >= 0.3 is 6.03 Å². The van der Waals surface area contributed by atoms with Gasteiger partial charge in [0.05, 0.1) is 24.3 Å². The van der Waals surface area contributed by atoms with Crippen molar-refractivity contribution in [3.8, 4) is 6.07 Å². The van der Waals surface area contributed by atoms with Crippen LogP contribution in [0.15, 0.2) is 60.3 Å². The van der Waals surface area contributed by atoms with Gasteiger partial charge in [-0.1, -0.05) is 12.1 Å². The third kappa shape index (κ3) is 3.42. The van der Waals surface area contributed by atoms with Crippen molar-refractivity contribution in [2.45, 2.75) is 12.6 Å². The first kappa shape index (κ1) is 18.4. The van der Waals surface area contributed by atoms with E-state index < -0.39 is 0 Å². The number of hydrogen-bond donors (Lipinski definition) is 1. The summed E-state index contributed by atoms with van der Waals surface area (Å²) in [6.45, 7) is 1.68. The number of allylic oxidation sites excluding steroid dienone is 2. The number of amides is 2. The van der Waals surface area contributed by atoms with E-state index in [-0.39, 0.29) is 17.9 Å². The third-order valence-corrected chi connectivity index (χ3v) is 5.58. The highest BCUT2D eigenvalue weighted by Crippen LogP contribution is 2.43. The zero-order chi connectivity index (χ0) is 20.7. The van der Waals surface area contributed by atoms with Crippen LogP contribution >= 0.6 is 0 Å². The molecule has 0 bridgehead atoms. The van der Waals surface area contributed by atoms with Gasteiger partial charge < -0.3 is 19.9 Å². The van der Waals surface area contributed by atoms with E-state index in [1.54, 1.807) is 11.0 Å². The van der Waals surface area contributed by atoms with Crippen LogP contribution in [0, 0.1) is 17.1 Å². The zero-order valence-electron chi connectivity index (χ0n) is 16.1. The number of halogens is 1. The van der Waals surface area contributed by atoms with Crippen molar-refractivity contribution in [3.63, 3.8) is 0 Å². The van der Waals surface area contributed by atoms with E-state index in [9.17, 15) is 9.18 Å². The van der Waals surface area contributed by atoms with Crippen molar-refractivity contribution in [1.82, 2.24) is 9.80 Å².